The highest BCUT2D eigenvalue weighted by molar-refractivity contribution is 5.99. The normalized spacial score (nSPS) is 13.3. The van der Waals surface area contributed by atoms with Gasteiger partial charge in [-0.25, -0.2) is 19.4 Å². The van der Waals surface area contributed by atoms with Crippen molar-refractivity contribution < 1.29 is 9.53 Å². The van der Waals surface area contributed by atoms with E-state index in [1.165, 1.54) is 0 Å². The monoisotopic (exact) mass is 536 g/mol. The van der Waals surface area contributed by atoms with Crippen molar-refractivity contribution in [2.75, 3.05) is 16.0 Å². The van der Waals surface area contributed by atoms with Gasteiger partial charge in [-0.15, -0.1) is 0 Å². The molecule has 0 bridgehead atoms. The van der Waals surface area contributed by atoms with Crippen LogP contribution in [0.1, 0.15) is 44.9 Å². The molecular formula is C30H32N8O2. The molecule has 0 unspecified atom stereocenters. The maximum absolute atomic E-state index is 13.1. The van der Waals surface area contributed by atoms with E-state index in [-0.39, 0.29) is 11.4 Å². The Morgan fingerprint density at radius 2 is 1.82 bits per heavy atom. The predicted octanol–water partition coefficient (Wildman–Crippen LogP) is 6.53. The minimum Gasteiger partial charge on any atom is -0.438 e. The fourth-order valence-electron chi connectivity index (χ4n) is 4.28. The van der Waals surface area contributed by atoms with Crippen LogP contribution in [0.2, 0.25) is 0 Å². The molecule has 1 aliphatic rings. The van der Waals surface area contributed by atoms with Crippen molar-refractivity contribution in [1.82, 2.24) is 24.1 Å². The van der Waals surface area contributed by atoms with Crippen LogP contribution in [0, 0.1) is 6.92 Å². The molecule has 2 aromatic carbocycles. The Morgan fingerprint density at radius 1 is 1.02 bits per heavy atom. The van der Waals surface area contributed by atoms with Crippen LogP contribution in [0.15, 0.2) is 73.2 Å². The maximum Gasteiger partial charge on any atom is 0.324 e. The van der Waals surface area contributed by atoms with Crippen molar-refractivity contribution in [3.63, 3.8) is 0 Å². The number of carbonyl (C=O) groups excluding carboxylic acids is 1. The standard InChI is InChI=1S/C30H32N8O2/c1-19-10-11-21(16-23(19)40-26-18-32-27(33-20-12-13-20)28-31-14-15-37(26)28)34-29(39)35-25-17-24(30(2,3)4)36-38(25)22-8-6-5-7-9-22/h5-11,14-18,20H,12-13H2,1-4H3,(H,32,33)(H2,34,35,39). The second-order valence-electron chi connectivity index (χ2n) is 11.1. The molecule has 1 saturated carbocycles. The van der Waals surface area contributed by atoms with Crippen LogP contribution in [-0.2, 0) is 5.41 Å². The molecule has 40 heavy (non-hydrogen) atoms. The van der Waals surface area contributed by atoms with E-state index in [2.05, 4.69) is 46.7 Å². The van der Waals surface area contributed by atoms with Gasteiger partial charge in [-0.1, -0.05) is 45.0 Å². The fourth-order valence-corrected chi connectivity index (χ4v) is 4.28. The summed E-state index contributed by atoms with van der Waals surface area (Å²) in [5, 5.41) is 14.1. The topological polar surface area (TPSA) is 110 Å². The van der Waals surface area contributed by atoms with Crippen LogP contribution in [0.25, 0.3) is 11.3 Å². The number of para-hydroxylation sites is 1. The number of hydrogen-bond donors (Lipinski definition) is 3. The number of urea groups is 1. The number of anilines is 3. The second kappa shape index (κ2) is 10.0. The third-order valence-corrected chi connectivity index (χ3v) is 6.69. The van der Waals surface area contributed by atoms with Gasteiger partial charge in [0.15, 0.2) is 11.5 Å². The lowest BCUT2D eigenvalue weighted by Crippen LogP contribution is -2.21. The summed E-state index contributed by atoms with van der Waals surface area (Å²) in [5.41, 5.74) is 3.75. The van der Waals surface area contributed by atoms with Crippen molar-refractivity contribution in [2.45, 2.75) is 52.0 Å². The first kappa shape index (κ1) is 25.4. The van der Waals surface area contributed by atoms with Gasteiger partial charge in [0, 0.05) is 41.7 Å². The Morgan fingerprint density at radius 3 is 2.58 bits per heavy atom. The number of aromatic nitrogens is 5. The zero-order valence-electron chi connectivity index (χ0n) is 23.0. The van der Waals surface area contributed by atoms with E-state index in [9.17, 15) is 4.79 Å². The smallest absolute Gasteiger partial charge is 0.324 e. The van der Waals surface area contributed by atoms with Gasteiger partial charge in [0.1, 0.15) is 11.6 Å². The van der Waals surface area contributed by atoms with Crippen LogP contribution in [0.5, 0.6) is 11.6 Å². The van der Waals surface area contributed by atoms with Crippen LogP contribution in [-0.4, -0.2) is 36.2 Å². The Labute approximate surface area is 232 Å². The molecule has 0 spiro atoms. The van der Waals surface area contributed by atoms with Crippen molar-refractivity contribution in [3.8, 4) is 17.3 Å². The predicted molar refractivity (Wildman–Crippen MR) is 156 cm³/mol. The fraction of sp³-hybridized carbons (Fsp3) is 0.267. The first-order valence-corrected chi connectivity index (χ1v) is 13.4. The molecule has 0 radical (unpaired) electrons. The highest BCUT2D eigenvalue weighted by Gasteiger charge is 2.24. The molecule has 6 rings (SSSR count). The Bertz CT molecular complexity index is 1680. The van der Waals surface area contributed by atoms with Crippen molar-refractivity contribution in [2.24, 2.45) is 0 Å². The van der Waals surface area contributed by atoms with Gasteiger partial charge in [-0.2, -0.15) is 5.10 Å². The number of rotatable bonds is 7. The Hall–Kier alpha value is -4.86. The number of hydrogen-bond acceptors (Lipinski definition) is 6. The van der Waals surface area contributed by atoms with E-state index in [0.29, 0.717) is 34.8 Å². The number of benzene rings is 2. The molecule has 3 heterocycles. The SMILES string of the molecule is Cc1ccc(NC(=O)Nc2cc(C(C)(C)C)nn2-c2ccccc2)cc1Oc1cnc(NC2CC2)c2nccn12. The molecule has 5 aromatic rings. The summed E-state index contributed by atoms with van der Waals surface area (Å²) < 4.78 is 9.87. The van der Waals surface area contributed by atoms with Gasteiger partial charge in [-0.3, -0.25) is 9.72 Å². The van der Waals surface area contributed by atoms with E-state index in [0.717, 1.165) is 35.6 Å². The largest absolute Gasteiger partial charge is 0.438 e. The number of amides is 2. The average Bonchev–Trinajstić information content (AvgIpc) is 3.41. The second-order valence-corrected chi connectivity index (χ2v) is 11.1. The molecule has 204 valence electrons. The number of carbonyl (C=O) groups is 1. The first-order valence-electron chi connectivity index (χ1n) is 13.4. The van der Waals surface area contributed by atoms with E-state index in [4.69, 9.17) is 9.84 Å². The van der Waals surface area contributed by atoms with Crippen molar-refractivity contribution in [1.29, 1.82) is 0 Å². The van der Waals surface area contributed by atoms with Gasteiger partial charge < -0.3 is 15.4 Å². The van der Waals surface area contributed by atoms with Crippen molar-refractivity contribution >= 4 is 29.0 Å². The molecule has 10 nitrogen and oxygen atoms in total. The third-order valence-electron chi connectivity index (χ3n) is 6.69. The number of nitrogens with zero attached hydrogens (tertiary/aromatic N) is 5. The lowest BCUT2D eigenvalue weighted by atomic mass is 9.92. The number of imidazole rings is 1. The number of nitrogens with one attached hydrogen (secondary N) is 3. The van der Waals surface area contributed by atoms with Gasteiger partial charge in [0.25, 0.3) is 0 Å². The Balaban J connectivity index is 1.21. The summed E-state index contributed by atoms with van der Waals surface area (Å²) in [6.07, 6.45) is 7.54. The molecule has 1 aliphatic carbocycles. The van der Waals surface area contributed by atoms with E-state index >= 15 is 0 Å². The molecule has 10 heteroatoms. The average molecular weight is 537 g/mol. The number of ether oxygens (including phenoxy) is 1. The summed E-state index contributed by atoms with van der Waals surface area (Å²) in [5.74, 6) is 2.44. The van der Waals surface area contributed by atoms with Gasteiger partial charge in [0.05, 0.1) is 17.6 Å². The molecule has 0 saturated heterocycles. The highest BCUT2D eigenvalue weighted by atomic mass is 16.5. The zero-order valence-corrected chi connectivity index (χ0v) is 23.0. The van der Waals surface area contributed by atoms with E-state index in [1.807, 2.05) is 66.1 Å². The van der Waals surface area contributed by atoms with Crippen LogP contribution >= 0.6 is 0 Å². The van der Waals surface area contributed by atoms with Crippen LogP contribution in [0.4, 0.5) is 22.1 Å². The first-order chi connectivity index (χ1) is 19.2. The Kier molecular flexibility index (Phi) is 6.37. The lowest BCUT2D eigenvalue weighted by Gasteiger charge is -2.14. The molecule has 3 aromatic heterocycles. The zero-order chi connectivity index (χ0) is 27.9. The third kappa shape index (κ3) is 5.33. The number of fused-ring (bicyclic) bond motifs is 1. The van der Waals surface area contributed by atoms with E-state index in [1.54, 1.807) is 23.1 Å². The highest BCUT2D eigenvalue weighted by Crippen LogP contribution is 2.32. The quantitative estimate of drug-likeness (QED) is 0.218. The molecule has 0 atom stereocenters. The number of aryl methyl sites for hydroxylation is 1. The van der Waals surface area contributed by atoms with Crippen LogP contribution in [0.3, 0.4) is 0 Å². The molecule has 1 fully saturated rings. The molecule has 2 amide bonds. The van der Waals surface area contributed by atoms with Crippen LogP contribution < -0.4 is 20.7 Å². The molecule has 0 aliphatic heterocycles. The summed E-state index contributed by atoms with van der Waals surface area (Å²) in [7, 11) is 0. The van der Waals surface area contributed by atoms with E-state index < -0.39 is 0 Å². The summed E-state index contributed by atoms with van der Waals surface area (Å²) >= 11 is 0. The maximum atomic E-state index is 13.1. The molecular weight excluding hydrogens is 504 g/mol. The van der Waals surface area contributed by atoms with Crippen molar-refractivity contribution in [3.05, 3.63) is 84.4 Å². The summed E-state index contributed by atoms with van der Waals surface area (Å²) in [6, 6.07) is 17.2. The summed E-state index contributed by atoms with van der Waals surface area (Å²) in [4.78, 5) is 22.1. The summed E-state index contributed by atoms with van der Waals surface area (Å²) in [6.45, 7) is 8.22. The van der Waals surface area contributed by atoms with Gasteiger partial charge in [-0.05, 0) is 43.5 Å². The molecule has 3 N–H and O–H groups in total. The lowest BCUT2D eigenvalue weighted by molar-refractivity contribution is 0.262. The van der Waals surface area contributed by atoms with Gasteiger partial charge in [0.2, 0.25) is 5.88 Å². The van der Waals surface area contributed by atoms with Gasteiger partial charge >= 0.3 is 6.03 Å². The minimum absolute atomic E-state index is 0.183. The minimum atomic E-state index is -0.387.